The molecule has 0 fully saturated rings. The first-order chi connectivity index (χ1) is 9.26. The lowest BCUT2D eigenvalue weighted by Gasteiger charge is -2.11. The lowest BCUT2D eigenvalue weighted by atomic mass is 10.1. The summed E-state index contributed by atoms with van der Waals surface area (Å²) in [6, 6.07) is 12.9. The summed E-state index contributed by atoms with van der Waals surface area (Å²) in [6.07, 6.45) is 0.965. The fraction of sp³-hybridized carbons (Fsp3) is 0.250. The molecule has 98 valence electrons. The SMILES string of the molecule is CNC(Cc1cccs1)c1cc2cc(C)ccc2o1. The molecule has 2 aromatic heterocycles. The Hall–Kier alpha value is -1.58. The van der Waals surface area contributed by atoms with Crippen molar-refractivity contribution in [1.29, 1.82) is 0 Å². The predicted molar refractivity (Wildman–Crippen MR) is 80.8 cm³/mol. The maximum absolute atomic E-state index is 5.97. The molecule has 3 aromatic rings. The van der Waals surface area contributed by atoms with Crippen LogP contribution in [-0.2, 0) is 6.42 Å². The van der Waals surface area contributed by atoms with Gasteiger partial charge >= 0.3 is 0 Å². The largest absolute Gasteiger partial charge is 0.459 e. The van der Waals surface area contributed by atoms with Gasteiger partial charge in [0.2, 0.25) is 0 Å². The molecule has 0 aliphatic heterocycles. The molecule has 0 saturated heterocycles. The zero-order valence-corrected chi connectivity index (χ0v) is 12.0. The van der Waals surface area contributed by atoms with Gasteiger partial charge in [-0.05, 0) is 43.6 Å². The normalized spacial score (nSPS) is 12.9. The first kappa shape index (κ1) is 12.5. The molecule has 1 atom stereocenters. The fourth-order valence-corrected chi connectivity index (χ4v) is 3.08. The monoisotopic (exact) mass is 271 g/mol. The third kappa shape index (κ3) is 2.57. The predicted octanol–water partition coefficient (Wildman–Crippen LogP) is 4.31. The van der Waals surface area contributed by atoms with Gasteiger partial charge in [-0.3, -0.25) is 0 Å². The van der Waals surface area contributed by atoms with Crippen LogP contribution < -0.4 is 5.32 Å². The summed E-state index contributed by atoms with van der Waals surface area (Å²) >= 11 is 1.79. The minimum absolute atomic E-state index is 0.228. The summed E-state index contributed by atoms with van der Waals surface area (Å²) in [5.74, 6) is 1.01. The van der Waals surface area contributed by atoms with E-state index < -0.39 is 0 Å². The molecule has 1 unspecified atom stereocenters. The molecule has 0 aliphatic rings. The fourth-order valence-electron chi connectivity index (χ4n) is 2.33. The molecular formula is C16H17NOS. The molecule has 1 aromatic carbocycles. The van der Waals surface area contributed by atoms with Gasteiger partial charge in [0.1, 0.15) is 11.3 Å². The minimum Gasteiger partial charge on any atom is -0.459 e. The molecular weight excluding hydrogens is 254 g/mol. The van der Waals surface area contributed by atoms with Crippen molar-refractivity contribution in [2.24, 2.45) is 0 Å². The summed E-state index contributed by atoms with van der Waals surface area (Å²) < 4.78 is 5.97. The van der Waals surface area contributed by atoms with Gasteiger partial charge in [0.05, 0.1) is 6.04 Å². The quantitative estimate of drug-likeness (QED) is 0.765. The summed E-state index contributed by atoms with van der Waals surface area (Å²) in [4.78, 5) is 1.37. The topological polar surface area (TPSA) is 25.2 Å². The highest BCUT2D eigenvalue weighted by atomic mass is 32.1. The van der Waals surface area contributed by atoms with Crippen molar-refractivity contribution in [3.63, 3.8) is 0 Å². The first-order valence-electron chi connectivity index (χ1n) is 6.46. The summed E-state index contributed by atoms with van der Waals surface area (Å²) in [5, 5.41) is 6.64. The lowest BCUT2D eigenvalue weighted by molar-refractivity contribution is 0.452. The number of rotatable bonds is 4. The number of thiophene rings is 1. The van der Waals surface area contributed by atoms with Crippen LogP contribution in [0.3, 0.4) is 0 Å². The molecule has 2 nitrogen and oxygen atoms in total. The zero-order chi connectivity index (χ0) is 13.2. The molecule has 2 heterocycles. The van der Waals surface area contributed by atoms with Crippen LogP contribution >= 0.6 is 11.3 Å². The van der Waals surface area contributed by atoms with E-state index in [0.717, 1.165) is 17.8 Å². The number of hydrogen-bond donors (Lipinski definition) is 1. The molecule has 0 amide bonds. The average molecular weight is 271 g/mol. The summed E-state index contributed by atoms with van der Waals surface area (Å²) in [7, 11) is 1.98. The van der Waals surface area contributed by atoms with Crippen LogP contribution in [0.2, 0.25) is 0 Å². The van der Waals surface area contributed by atoms with Crippen molar-refractivity contribution in [1.82, 2.24) is 5.32 Å². The van der Waals surface area contributed by atoms with Gasteiger partial charge in [0.15, 0.2) is 0 Å². The van der Waals surface area contributed by atoms with Crippen LogP contribution in [0.1, 0.15) is 22.2 Å². The third-order valence-electron chi connectivity index (χ3n) is 3.37. The molecule has 0 radical (unpaired) electrons. The van der Waals surface area contributed by atoms with Gasteiger partial charge in [0.25, 0.3) is 0 Å². The van der Waals surface area contributed by atoms with E-state index in [9.17, 15) is 0 Å². The van der Waals surface area contributed by atoms with Gasteiger partial charge in [-0.2, -0.15) is 0 Å². The first-order valence-corrected chi connectivity index (χ1v) is 7.34. The van der Waals surface area contributed by atoms with E-state index >= 15 is 0 Å². The van der Waals surface area contributed by atoms with Gasteiger partial charge in [-0.1, -0.05) is 17.7 Å². The van der Waals surface area contributed by atoms with Crippen LogP contribution in [0.25, 0.3) is 11.0 Å². The molecule has 1 N–H and O–H groups in total. The molecule has 0 aliphatic carbocycles. The molecule has 3 rings (SSSR count). The van der Waals surface area contributed by atoms with Crippen molar-refractivity contribution in [2.45, 2.75) is 19.4 Å². The van der Waals surface area contributed by atoms with Gasteiger partial charge in [-0.25, -0.2) is 0 Å². The van der Waals surface area contributed by atoms with Crippen LogP contribution in [0.4, 0.5) is 0 Å². The number of furan rings is 1. The number of benzene rings is 1. The van der Waals surface area contributed by atoms with Crippen molar-refractivity contribution >= 4 is 22.3 Å². The van der Waals surface area contributed by atoms with Crippen LogP contribution in [-0.4, -0.2) is 7.05 Å². The Kier molecular flexibility index (Phi) is 3.40. The lowest BCUT2D eigenvalue weighted by Crippen LogP contribution is -2.17. The van der Waals surface area contributed by atoms with E-state index in [1.807, 2.05) is 13.1 Å². The highest BCUT2D eigenvalue weighted by molar-refractivity contribution is 7.09. The van der Waals surface area contributed by atoms with Crippen molar-refractivity contribution in [3.05, 3.63) is 58.0 Å². The molecule has 19 heavy (non-hydrogen) atoms. The van der Waals surface area contributed by atoms with E-state index in [-0.39, 0.29) is 6.04 Å². The number of hydrogen-bond acceptors (Lipinski definition) is 3. The van der Waals surface area contributed by atoms with Gasteiger partial charge < -0.3 is 9.73 Å². The second kappa shape index (κ2) is 5.19. The number of nitrogens with one attached hydrogen (secondary N) is 1. The van der Waals surface area contributed by atoms with Crippen LogP contribution in [0.5, 0.6) is 0 Å². The smallest absolute Gasteiger partial charge is 0.134 e. The third-order valence-corrected chi connectivity index (χ3v) is 4.27. The van der Waals surface area contributed by atoms with Crippen LogP contribution in [0, 0.1) is 6.92 Å². The maximum atomic E-state index is 5.97. The Morgan fingerprint density at radius 1 is 1.26 bits per heavy atom. The Bertz CT molecular complexity index is 669. The summed E-state index contributed by atoms with van der Waals surface area (Å²) in [5.41, 5.74) is 2.23. The van der Waals surface area contributed by atoms with E-state index in [0.29, 0.717) is 0 Å². The maximum Gasteiger partial charge on any atom is 0.134 e. The highest BCUT2D eigenvalue weighted by Crippen LogP contribution is 2.27. The second-order valence-electron chi connectivity index (χ2n) is 4.81. The standard InChI is InChI=1S/C16H17NOS/c1-11-5-6-15-12(8-11)9-16(18-15)14(17-2)10-13-4-3-7-19-13/h3-9,14,17H,10H2,1-2H3. The number of aryl methyl sites for hydroxylation is 1. The second-order valence-corrected chi connectivity index (χ2v) is 5.85. The Morgan fingerprint density at radius 2 is 2.16 bits per heavy atom. The Morgan fingerprint density at radius 3 is 2.89 bits per heavy atom. The number of fused-ring (bicyclic) bond motifs is 1. The molecule has 0 saturated carbocycles. The van der Waals surface area contributed by atoms with Crippen molar-refractivity contribution in [3.8, 4) is 0 Å². The van der Waals surface area contributed by atoms with Crippen molar-refractivity contribution in [2.75, 3.05) is 7.05 Å². The van der Waals surface area contributed by atoms with Gasteiger partial charge in [-0.15, -0.1) is 11.3 Å². The highest BCUT2D eigenvalue weighted by Gasteiger charge is 2.15. The number of likely N-dealkylation sites (N-methyl/N-ethyl adjacent to an activating group) is 1. The van der Waals surface area contributed by atoms with E-state index in [1.54, 1.807) is 11.3 Å². The molecule has 0 spiro atoms. The van der Waals surface area contributed by atoms with Crippen LogP contribution in [0.15, 0.2) is 46.2 Å². The van der Waals surface area contributed by atoms with E-state index in [1.165, 1.54) is 15.8 Å². The van der Waals surface area contributed by atoms with Crippen molar-refractivity contribution < 1.29 is 4.42 Å². The molecule has 3 heteroatoms. The zero-order valence-electron chi connectivity index (χ0n) is 11.1. The van der Waals surface area contributed by atoms with Gasteiger partial charge in [0, 0.05) is 16.7 Å². The Labute approximate surface area is 117 Å². The average Bonchev–Trinajstić information content (AvgIpc) is 3.03. The van der Waals surface area contributed by atoms with E-state index in [4.69, 9.17) is 4.42 Å². The Balaban J connectivity index is 1.92. The van der Waals surface area contributed by atoms with E-state index in [2.05, 4.69) is 48.0 Å². The minimum atomic E-state index is 0.228. The summed E-state index contributed by atoms with van der Waals surface area (Å²) in [6.45, 7) is 2.10. The molecule has 0 bridgehead atoms.